The fourth-order valence-corrected chi connectivity index (χ4v) is 4.07. The number of carbonyl (C=O) groups is 2. The van der Waals surface area contributed by atoms with Crippen molar-refractivity contribution in [2.45, 2.75) is 6.10 Å². The zero-order chi connectivity index (χ0) is 20.7. The molecule has 0 unspecified atom stereocenters. The van der Waals surface area contributed by atoms with Crippen molar-refractivity contribution >= 4 is 23.4 Å². The van der Waals surface area contributed by atoms with E-state index in [9.17, 15) is 14.0 Å². The van der Waals surface area contributed by atoms with E-state index in [-0.39, 0.29) is 30.2 Å². The number of amides is 2. The summed E-state index contributed by atoms with van der Waals surface area (Å²) in [6, 6.07) is 8.10. The molecule has 8 nitrogen and oxygen atoms in total. The number of nitrogens with zero attached hydrogens (tertiary/aromatic N) is 3. The van der Waals surface area contributed by atoms with Gasteiger partial charge in [-0.3, -0.25) is 14.7 Å². The van der Waals surface area contributed by atoms with Crippen molar-refractivity contribution in [3.63, 3.8) is 0 Å². The molecule has 0 radical (unpaired) electrons. The van der Waals surface area contributed by atoms with Crippen LogP contribution in [-0.4, -0.2) is 62.5 Å². The van der Waals surface area contributed by atoms with Crippen LogP contribution < -0.4 is 15.1 Å². The number of halogens is 1. The number of rotatable bonds is 5. The molecule has 156 valence electrons. The molecule has 30 heavy (non-hydrogen) atoms. The lowest BCUT2D eigenvalue weighted by atomic mass is 9.78. The third-order valence-corrected chi connectivity index (χ3v) is 5.74. The number of hydrogen-bond acceptors (Lipinski definition) is 6. The first-order valence-corrected chi connectivity index (χ1v) is 9.82. The van der Waals surface area contributed by atoms with Crippen molar-refractivity contribution in [1.29, 1.82) is 0 Å². The van der Waals surface area contributed by atoms with E-state index in [4.69, 9.17) is 9.47 Å². The third-order valence-electron chi connectivity index (χ3n) is 5.74. The van der Waals surface area contributed by atoms with Crippen LogP contribution in [-0.2, 0) is 9.47 Å². The molecule has 2 amide bonds. The molecule has 2 aromatic rings. The van der Waals surface area contributed by atoms with Gasteiger partial charge in [0.2, 0.25) is 0 Å². The smallest absolute Gasteiger partial charge is 0.414 e. The SMILES string of the molecule is O=C(NC[C@H]1CN(c2ccc(N3CC4(COC4)C3)c(F)c2)C(=O)O1)c1cccnc1. The summed E-state index contributed by atoms with van der Waals surface area (Å²) in [6.45, 7) is 3.44. The van der Waals surface area contributed by atoms with Crippen LogP contribution in [0.1, 0.15) is 10.4 Å². The predicted octanol–water partition coefficient (Wildman–Crippen LogP) is 1.81. The second kappa shape index (κ2) is 7.24. The Labute approximate surface area is 172 Å². The fourth-order valence-electron chi connectivity index (χ4n) is 4.07. The standard InChI is InChI=1S/C21H21FN4O4/c22-17-6-15(3-4-18(17)25-10-21(11-25)12-29-13-21)26-9-16(30-20(26)28)8-24-19(27)14-2-1-5-23-7-14/h1-7,16H,8-13H2,(H,24,27)/t16-/m0/s1. The van der Waals surface area contributed by atoms with E-state index in [1.54, 1.807) is 30.5 Å². The van der Waals surface area contributed by atoms with Crippen LogP contribution in [0.15, 0.2) is 42.7 Å². The van der Waals surface area contributed by atoms with Crippen molar-refractivity contribution in [2.24, 2.45) is 5.41 Å². The highest BCUT2D eigenvalue weighted by Crippen LogP contribution is 2.41. The van der Waals surface area contributed by atoms with Crippen molar-refractivity contribution in [3.8, 4) is 0 Å². The summed E-state index contributed by atoms with van der Waals surface area (Å²) in [6.07, 6.45) is 1.97. The summed E-state index contributed by atoms with van der Waals surface area (Å²) < 4.78 is 25.3. The van der Waals surface area contributed by atoms with Gasteiger partial charge in [0.15, 0.2) is 0 Å². The number of carbonyl (C=O) groups excluding carboxylic acids is 2. The Bertz CT molecular complexity index is 974. The van der Waals surface area contributed by atoms with Crippen LogP contribution in [0.4, 0.5) is 20.6 Å². The van der Waals surface area contributed by atoms with Gasteiger partial charge in [-0.15, -0.1) is 0 Å². The molecular formula is C21H21FN4O4. The van der Waals surface area contributed by atoms with Crippen LogP contribution in [0.5, 0.6) is 0 Å². The Hall–Kier alpha value is -3.20. The van der Waals surface area contributed by atoms with Crippen LogP contribution in [0, 0.1) is 11.2 Å². The van der Waals surface area contributed by atoms with Crippen molar-refractivity contribution < 1.29 is 23.5 Å². The van der Waals surface area contributed by atoms with Crippen LogP contribution in [0.2, 0.25) is 0 Å². The Morgan fingerprint density at radius 2 is 2.13 bits per heavy atom. The van der Waals surface area contributed by atoms with Crippen molar-refractivity contribution in [1.82, 2.24) is 10.3 Å². The number of hydrogen-bond donors (Lipinski definition) is 1. The lowest BCUT2D eigenvalue weighted by Gasteiger charge is -2.56. The molecule has 0 aliphatic carbocycles. The summed E-state index contributed by atoms with van der Waals surface area (Å²) in [5.74, 6) is -0.666. The van der Waals surface area contributed by atoms with E-state index in [0.29, 0.717) is 16.9 Å². The summed E-state index contributed by atoms with van der Waals surface area (Å²) in [7, 11) is 0. The number of anilines is 2. The number of cyclic esters (lactones) is 1. The van der Waals surface area contributed by atoms with Gasteiger partial charge in [0.25, 0.3) is 5.91 Å². The second-order valence-electron chi connectivity index (χ2n) is 8.05. The van der Waals surface area contributed by atoms with Gasteiger partial charge in [-0.25, -0.2) is 9.18 Å². The zero-order valence-corrected chi connectivity index (χ0v) is 16.2. The van der Waals surface area contributed by atoms with Gasteiger partial charge in [0.1, 0.15) is 11.9 Å². The van der Waals surface area contributed by atoms with Gasteiger partial charge in [-0.1, -0.05) is 0 Å². The Morgan fingerprint density at radius 3 is 2.80 bits per heavy atom. The molecule has 1 aromatic heterocycles. The molecule has 3 fully saturated rings. The molecule has 0 saturated carbocycles. The molecule has 4 heterocycles. The number of pyridine rings is 1. The number of benzene rings is 1. The van der Waals surface area contributed by atoms with Gasteiger partial charge >= 0.3 is 6.09 Å². The monoisotopic (exact) mass is 412 g/mol. The number of nitrogens with one attached hydrogen (secondary N) is 1. The van der Waals surface area contributed by atoms with Gasteiger partial charge in [0.05, 0.1) is 48.7 Å². The lowest BCUT2D eigenvalue weighted by Crippen LogP contribution is -2.66. The molecule has 1 spiro atoms. The normalized spacial score (nSPS) is 21.8. The largest absolute Gasteiger partial charge is 0.442 e. The quantitative estimate of drug-likeness (QED) is 0.807. The van der Waals surface area contributed by atoms with Crippen molar-refractivity contribution in [3.05, 3.63) is 54.1 Å². The maximum Gasteiger partial charge on any atom is 0.414 e. The molecule has 5 rings (SSSR count). The van der Waals surface area contributed by atoms with Gasteiger partial charge in [-0.2, -0.15) is 0 Å². The fraction of sp³-hybridized carbons (Fsp3) is 0.381. The minimum absolute atomic E-state index is 0.161. The zero-order valence-electron chi connectivity index (χ0n) is 16.2. The molecular weight excluding hydrogens is 391 g/mol. The molecule has 1 aromatic carbocycles. The van der Waals surface area contributed by atoms with Gasteiger partial charge < -0.3 is 19.7 Å². The molecule has 9 heteroatoms. The minimum Gasteiger partial charge on any atom is -0.442 e. The highest BCUT2D eigenvalue weighted by Gasteiger charge is 2.49. The Morgan fingerprint density at radius 1 is 1.30 bits per heavy atom. The molecule has 3 aliphatic rings. The van der Waals surface area contributed by atoms with Gasteiger partial charge in [-0.05, 0) is 30.3 Å². The summed E-state index contributed by atoms with van der Waals surface area (Å²) in [5, 5.41) is 2.73. The first-order valence-electron chi connectivity index (χ1n) is 9.82. The summed E-state index contributed by atoms with van der Waals surface area (Å²) >= 11 is 0. The van der Waals surface area contributed by atoms with E-state index >= 15 is 0 Å². The van der Waals surface area contributed by atoms with E-state index in [1.165, 1.54) is 17.2 Å². The van der Waals surface area contributed by atoms with E-state index in [1.807, 2.05) is 4.90 Å². The first kappa shape index (κ1) is 18.8. The molecule has 3 saturated heterocycles. The van der Waals surface area contributed by atoms with E-state index < -0.39 is 12.2 Å². The summed E-state index contributed by atoms with van der Waals surface area (Å²) in [5.41, 5.74) is 1.59. The maximum absolute atomic E-state index is 14.7. The topological polar surface area (TPSA) is 84.0 Å². The number of aromatic nitrogens is 1. The van der Waals surface area contributed by atoms with Crippen LogP contribution in [0.25, 0.3) is 0 Å². The predicted molar refractivity (Wildman–Crippen MR) is 106 cm³/mol. The average molecular weight is 412 g/mol. The minimum atomic E-state index is -0.558. The average Bonchev–Trinajstić information content (AvgIpc) is 3.06. The van der Waals surface area contributed by atoms with Crippen molar-refractivity contribution in [2.75, 3.05) is 49.2 Å². The highest BCUT2D eigenvalue weighted by atomic mass is 19.1. The highest BCUT2D eigenvalue weighted by molar-refractivity contribution is 5.94. The first-order chi connectivity index (χ1) is 14.5. The van der Waals surface area contributed by atoms with Gasteiger partial charge in [0, 0.05) is 25.5 Å². The molecule has 1 atom stereocenters. The van der Waals surface area contributed by atoms with Crippen LogP contribution in [0.3, 0.4) is 0 Å². The summed E-state index contributed by atoms with van der Waals surface area (Å²) in [4.78, 5) is 31.7. The second-order valence-corrected chi connectivity index (χ2v) is 8.05. The van der Waals surface area contributed by atoms with Crippen LogP contribution >= 0.6 is 0 Å². The molecule has 1 N–H and O–H groups in total. The molecule has 3 aliphatic heterocycles. The molecule has 0 bridgehead atoms. The Kier molecular flexibility index (Phi) is 4.54. The maximum atomic E-state index is 14.7. The van der Waals surface area contributed by atoms with E-state index in [2.05, 4.69) is 10.3 Å². The van der Waals surface area contributed by atoms with E-state index in [0.717, 1.165) is 26.3 Å². The lowest BCUT2D eigenvalue weighted by molar-refractivity contribution is -0.127. The Balaban J connectivity index is 1.19. The third kappa shape index (κ3) is 3.35. The number of ether oxygens (including phenoxy) is 2.